The number of rotatable bonds is 28. The summed E-state index contributed by atoms with van der Waals surface area (Å²) in [6.07, 6.45) is 20.3. The van der Waals surface area contributed by atoms with Crippen LogP contribution in [0.3, 0.4) is 0 Å². The van der Waals surface area contributed by atoms with E-state index in [1.165, 1.54) is 77.0 Å². The average Bonchev–Trinajstić information content (AvgIpc) is 2.88. The maximum absolute atomic E-state index is 12.5. The Labute approximate surface area is 236 Å². The van der Waals surface area contributed by atoms with Crippen LogP contribution in [0.4, 0.5) is 0 Å². The molecule has 1 amide bonds. The first kappa shape index (κ1) is 36.8. The molecule has 0 aliphatic rings. The van der Waals surface area contributed by atoms with E-state index in [1.54, 1.807) is 0 Å². The Balaban J connectivity index is 4.50. The summed E-state index contributed by atoms with van der Waals surface area (Å²) in [5.74, 6) is -3.52. The summed E-state index contributed by atoms with van der Waals surface area (Å²) in [6, 6.07) is -1.45. The topological polar surface area (TPSA) is 142 Å². The lowest BCUT2D eigenvalue weighted by atomic mass is 10.0. The number of amides is 1. The summed E-state index contributed by atoms with van der Waals surface area (Å²) < 4.78 is 5.65. The van der Waals surface area contributed by atoms with Gasteiger partial charge in [-0.1, -0.05) is 117 Å². The fraction of sp³-hybridized carbons (Fsp3) is 0.867. The van der Waals surface area contributed by atoms with Gasteiger partial charge >= 0.3 is 17.9 Å². The zero-order chi connectivity index (χ0) is 29.1. The van der Waals surface area contributed by atoms with E-state index in [0.717, 1.165) is 38.5 Å². The fourth-order valence-electron chi connectivity index (χ4n) is 4.51. The predicted molar refractivity (Wildman–Crippen MR) is 153 cm³/mol. The third-order valence-electron chi connectivity index (χ3n) is 6.89. The molecule has 0 aliphatic heterocycles. The van der Waals surface area contributed by atoms with E-state index in [1.807, 2.05) is 0 Å². The minimum atomic E-state index is -1.45. The van der Waals surface area contributed by atoms with Crippen LogP contribution in [0.1, 0.15) is 155 Å². The van der Waals surface area contributed by atoms with Crippen LogP contribution in [0.5, 0.6) is 0 Å². The van der Waals surface area contributed by atoms with Crippen molar-refractivity contribution >= 4 is 23.8 Å². The molecule has 0 unspecified atom stereocenters. The molecule has 0 fully saturated rings. The van der Waals surface area contributed by atoms with Gasteiger partial charge in [0, 0.05) is 6.42 Å². The molecule has 0 heterocycles. The summed E-state index contributed by atoms with van der Waals surface area (Å²) in [7, 11) is 0. The van der Waals surface area contributed by atoms with E-state index in [9.17, 15) is 19.2 Å². The largest absolute Gasteiger partial charge is 0.481 e. The van der Waals surface area contributed by atoms with Crippen molar-refractivity contribution in [2.45, 2.75) is 167 Å². The van der Waals surface area contributed by atoms with Gasteiger partial charge in [-0.25, -0.2) is 5.43 Å². The zero-order valence-electron chi connectivity index (χ0n) is 24.6. The number of carbonyl (C=O) groups excluding carboxylic acids is 2. The standard InChI is InChI=1S/C30H56N2O7/c1-3-5-7-9-11-13-15-17-19-21-25(23-27(33)32-31-26(30(37)38)24-28(34)35)39-29(36)22-20-18-16-14-12-10-8-6-4-2/h25-26,31H,3-24H2,1-2H3,(H,32,33)(H,34,35)(H,37,38)/t25-,26-/m1/s1. The van der Waals surface area contributed by atoms with Crippen LogP contribution < -0.4 is 10.9 Å². The zero-order valence-corrected chi connectivity index (χ0v) is 24.6. The van der Waals surface area contributed by atoms with Crippen molar-refractivity contribution in [1.82, 2.24) is 10.9 Å². The Kier molecular flexibility index (Phi) is 24.6. The number of ether oxygens (including phenoxy) is 1. The van der Waals surface area contributed by atoms with Gasteiger partial charge in [0.1, 0.15) is 12.1 Å². The number of esters is 1. The second kappa shape index (κ2) is 26.1. The molecule has 0 saturated carbocycles. The molecule has 0 aliphatic carbocycles. The van der Waals surface area contributed by atoms with Crippen LogP contribution in [0, 0.1) is 0 Å². The highest BCUT2D eigenvalue weighted by Gasteiger charge is 2.23. The molecular formula is C30H56N2O7. The Bertz CT molecular complexity index is 657. The van der Waals surface area contributed by atoms with Crippen LogP contribution in [0.2, 0.25) is 0 Å². The number of aliphatic carboxylic acids is 2. The van der Waals surface area contributed by atoms with Gasteiger partial charge in [0.05, 0.1) is 12.8 Å². The van der Waals surface area contributed by atoms with E-state index in [4.69, 9.17) is 14.9 Å². The van der Waals surface area contributed by atoms with Crippen LogP contribution in [0.15, 0.2) is 0 Å². The molecule has 0 radical (unpaired) electrons. The summed E-state index contributed by atoms with van der Waals surface area (Å²) in [5, 5.41) is 18.0. The Morgan fingerprint density at radius 1 is 0.641 bits per heavy atom. The van der Waals surface area contributed by atoms with Crippen molar-refractivity contribution in [2.24, 2.45) is 0 Å². The van der Waals surface area contributed by atoms with Gasteiger partial charge in [-0.05, 0) is 19.3 Å². The first-order valence-corrected chi connectivity index (χ1v) is 15.5. The molecule has 2 atom stereocenters. The molecule has 4 N–H and O–H groups in total. The summed E-state index contributed by atoms with van der Waals surface area (Å²) >= 11 is 0. The lowest BCUT2D eigenvalue weighted by Crippen LogP contribution is -2.49. The highest BCUT2D eigenvalue weighted by Crippen LogP contribution is 2.16. The molecule has 228 valence electrons. The molecule has 9 nitrogen and oxygen atoms in total. The van der Waals surface area contributed by atoms with E-state index in [0.29, 0.717) is 12.8 Å². The summed E-state index contributed by atoms with van der Waals surface area (Å²) in [4.78, 5) is 46.9. The van der Waals surface area contributed by atoms with Crippen LogP contribution in [-0.4, -0.2) is 46.2 Å². The quantitative estimate of drug-likeness (QED) is 0.0475. The van der Waals surface area contributed by atoms with Gasteiger partial charge in [0.15, 0.2) is 0 Å². The average molecular weight is 557 g/mol. The van der Waals surface area contributed by atoms with Gasteiger partial charge in [-0.2, -0.15) is 0 Å². The number of hydrogen-bond acceptors (Lipinski definition) is 6. The van der Waals surface area contributed by atoms with E-state index in [-0.39, 0.29) is 12.4 Å². The minimum Gasteiger partial charge on any atom is -0.481 e. The number of hydrazine groups is 1. The SMILES string of the molecule is CCCCCCCCCCCC(=O)O[C@H](CCCCCCCCCCC)CC(=O)NN[C@H](CC(=O)O)C(=O)O. The molecule has 0 aromatic rings. The summed E-state index contributed by atoms with van der Waals surface area (Å²) in [6.45, 7) is 4.41. The molecular weight excluding hydrogens is 500 g/mol. The van der Waals surface area contributed by atoms with Crippen molar-refractivity contribution < 1.29 is 34.1 Å². The van der Waals surface area contributed by atoms with Crippen molar-refractivity contribution in [1.29, 1.82) is 0 Å². The lowest BCUT2D eigenvalue weighted by Gasteiger charge is -2.19. The maximum atomic E-state index is 12.5. The molecule has 0 rings (SSSR count). The van der Waals surface area contributed by atoms with Gasteiger partial charge in [-0.15, -0.1) is 0 Å². The first-order valence-electron chi connectivity index (χ1n) is 15.5. The normalized spacial score (nSPS) is 12.6. The summed E-state index contributed by atoms with van der Waals surface area (Å²) in [5.41, 5.74) is 4.53. The van der Waals surface area contributed by atoms with E-state index in [2.05, 4.69) is 24.7 Å². The molecule has 0 bridgehead atoms. The fourth-order valence-corrected chi connectivity index (χ4v) is 4.51. The highest BCUT2D eigenvalue weighted by molar-refractivity contribution is 5.82. The predicted octanol–water partition coefficient (Wildman–Crippen LogP) is 6.68. The Morgan fingerprint density at radius 3 is 1.56 bits per heavy atom. The number of carbonyl (C=O) groups is 4. The lowest BCUT2D eigenvalue weighted by molar-refractivity contribution is -0.151. The Morgan fingerprint density at radius 2 is 1.10 bits per heavy atom. The van der Waals surface area contributed by atoms with Crippen molar-refractivity contribution in [3.05, 3.63) is 0 Å². The number of unbranched alkanes of at least 4 members (excludes halogenated alkanes) is 16. The molecule has 0 spiro atoms. The smallest absolute Gasteiger partial charge is 0.323 e. The van der Waals surface area contributed by atoms with Gasteiger partial charge in [0.2, 0.25) is 5.91 Å². The van der Waals surface area contributed by atoms with Crippen molar-refractivity contribution in [3.63, 3.8) is 0 Å². The van der Waals surface area contributed by atoms with Gasteiger partial charge < -0.3 is 14.9 Å². The van der Waals surface area contributed by atoms with Gasteiger partial charge in [0.25, 0.3) is 0 Å². The number of carboxylic acids is 2. The van der Waals surface area contributed by atoms with E-state index >= 15 is 0 Å². The molecule has 39 heavy (non-hydrogen) atoms. The molecule has 0 aromatic heterocycles. The van der Waals surface area contributed by atoms with Crippen LogP contribution in [-0.2, 0) is 23.9 Å². The highest BCUT2D eigenvalue weighted by atomic mass is 16.5. The first-order chi connectivity index (χ1) is 18.8. The monoisotopic (exact) mass is 556 g/mol. The minimum absolute atomic E-state index is 0.104. The maximum Gasteiger partial charge on any atom is 0.323 e. The van der Waals surface area contributed by atoms with Crippen LogP contribution >= 0.6 is 0 Å². The molecule has 9 heteroatoms. The number of hydrogen-bond donors (Lipinski definition) is 4. The van der Waals surface area contributed by atoms with Crippen LogP contribution in [0.25, 0.3) is 0 Å². The molecule has 0 saturated heterocycles. The number of carboxylic acid groups (broad SMARTS) is 2. The third-order valence-corrected chi connectivity index (χ3v) is 6.89. The second-order valence-corrected chi connectivity index (χ2v) is 10.7. The third kappa shape index (κ3) is 24.6. The van der Waals surface area contributed by atoms with Crippen molar-refractivity contribution in [2.75, 3.05) is 0 Å². The van der Waals surface area contributed by atoms with Crippen molar-refractivity contribution in [3.8, 4) is 0 Å². The Hall–Kier alpha value is -2.16. The van der Waals surface area contributed by atoms with Gasteiger partial charge in [-0.3, -0.25) is 24.6 Å². The second-order valence-electron chi connectivity index (χ2n) is 10.7. The molecule has 0 aromatic carbocycles. The van der Waals surface area contributed by atoms with E-state index < -0.39 is 36.4 Å². The number of nitrogens with one attached hydrogen (secondary N) is 2.